The molecule has 5 aromatic carbocycles. The first kappa shape index (κ1) is 52.6. The predicted octanol–water partition coefficient (Wildman–Crippen LogP) is 6.75. The molecule has 0 spiro atoms. The molecule has 1 atom stereocenters. The molecule has 65 heavy (non-hydrogen) atoms. The zero-order chi connectivity index (χ0) is 45.1. The Kier molecular flexibility index (Phi) is 21.7. The van der Waals surface area contributed by atoms with E-state index in [9.17, 15) is 20.4 Å². The highest BCUT2D eigenvalue weighted by Crippen LogP contribution is 2.57. The van der Waals surface area contributed by atoms with Crippen LogP contribution in [0.2, 0.25) is 10.0 Å². The second-order valence-electron chi connectivity index (χ2n) is 17.3. The van der Waals surface area contributed by atoms with Gasteiger partial charge in [0.25, 0.3) is 0 Å². The minimum absolute atomic E-state index is 0. The molecule has 0 amide bonds. The van der Waals surface area contributed by atoms with Crippen molar-refractivity contribution in [2.24, 2.45) is 5.41 Å². The summed E-state index contributed by atoms with van der Waals surface area (Å²) >= 11 is 12.2. The molecule has 0 aromatic heterocycles. The molecule has 2 bridgehead atoms. The van der Waals surface area contributed by atoms with Crippen molar-refractivity contribution in [3.05, 3.63) is 171 Å². The minimum Gasteiger partial charge on any atom is -1.00 e. The highest BCUT2D eigenvalue weighted by molar-refractivity contribution is 6.35. The van der Waals surface area contributed by atoms with Crippen LogP contribution in [-0.2, 0) is 39.6 Å². The Morgan fingerprint density at radius 1 is 0.662 bits per heavy atom. The van der Waals surface area contributed by atoms with Gasteiger partial charge < -0.3 is 61.4 Å². The monoisotopic (exact) mass is 992 g/mol. The minimum atomic E-state index is -0.949. The van der Waals surface area contributed by atoms with Crippen molar-refractivity contribution >= 4 is 23.2 Å². The Morgan fingerprint density at radius 3 is 1.85 bits per heavy atom. The molecular formula is C53H67BrCl2N2O7. The zero-order valence-corrected chi connectivity index (χ0v) is 40.5. The van der Waals surface area contributed by atoms with E-state index in [-0.39, 0.29) is 34.8 Å². The molecule has 0 saturated carbocycles. The van der Waals surface area contributed by atoms with Gasteiger partial charge in [0, 0.05) is 59.0 Å². The summed E-state index contributed by atoms with van der Waals surface area (Å²) in [5.41, 5.74) is 4.13. The molecule has 8 rings (SSSR count). The number of piperidine rings is 3. The molecule has 5 aromatic rings. The maximum atomic E-state index is 12.4. The first-order chi connectivity index (χ1) is 31.2. The van der Waals surface area contributed by atoms with Crippen LogP contribution < -0.4 is 22.3 Å². The van der Waals surface area contributed by atoms with Gasteiger partial charge in [-0.25, -0.2) is 0 Å². The number of phenols is 1. The van der Waals surface area contributed by atoms with Crippen LogP contribution in [0.15, 0.2) is 127 Å². The number of aliphatic hydroxyl groups excluding tert-OH is 2. The summed E-state index contributed by atoms with van der Waals surface area (Å²) in [6.45, 7) is 9.02. The Morgan fingerprint density at radius 2 is 1.23 bits per heavy atom. The van der Waals surface area contributed by atoms with E-state index in [1.807, 2.05) is 24.3 Å². The quantitative estimate of drug-likeness (QED) is 0.0341. The van der Waals surface area contributed by atoms with Gasteiger partial charge in [0.05, 0.1) is 65.4 Å². The molecule has 3 aliphatic heterocycles. The van der Waals surface area contributed by atoms with Gasteiger partial charge in [0.2, 0.25) is 0 Å². The van der Waals surface area contributed by atoms with Gasteiger partial charge in [-0.2, -0.15) is 0 Å². The number of rotatable bonds is 24. The van der Waals surface area contributed by atoms with E-state index in [0.717, 1.165) is 105 Å². The molecule has 3 heterocycles. The number of benzene rings is 5. The SMILES string of the molecule is OC(c1ccccc1)(c1ccccc1)C12CC[N+](CCOCc3ccccc3)(CC1)CC2.OCc1cc([C@@H](O)CNCCCCCCOCCOCc2c(Cl)cccc2Cl)ccc1O.[Br-]. The summed E-state index contributed by atoms with van der Waals surface area (Å²) in [5.74, 6) is 0.0370. The van der Waals surface area contributed by atoms with Gasteiger partial charge in [-0.3, -0.25) is 0 Å². The van der Waals surface area contributed by atoms with Crippen molar-refractivity contribution in [1.29, 1.82) is 0 Å². The Hall–Kier alpha value is -3.36. The third-order valence-corrected chi connectivity index (χ3v) is 13.9. The van der Waals surface area contributed by atoms with Gasteiger partial charge in [-0.1, -0.05) is 139 Å². The van der Waals surface area contributed by atoms with Crippen LogP contribution >= 0.6 is 23.2 Å². The number of halogens is 3. The van der Waals surface area contributed by atoms with Crippen LogP contribution in [-0.4, -0.2) is 90.6 Å². The molecule has 352 valence electrons. The van der Waals surface area contributed by atoms with E-state index < -0.39 is 11.7 Å². The largest absolute Gasteiger partial charge is 1.00 e. The highest BCUT2D eigenvalue weighted by Gasteiger charge is 2.60. The number of hydrogen-bond acceptors (Lipinski definition) is 8. The molecule has 3 saturated heterocycles. The van der Waals surface area contributed by atoms with Crippen LogP contribution in [0.3, 0.4) is 0 Å². The van der Waals surface area contributed by atoms with E-state index in [2.05, 4.69) is 78.1 Å². The topological polar surface area (TPSA) is 121 Å². The van der Waals surface area contributed by atoms with E-state index in [1.165, 1.54) is 11.6 Å². The van der Waals surface area contributed by atoms with Gasteiger partial charge in [-0.05, 0) is 65.9 Å². The van der Waals surface area contributed by atoms with Crippen LogP contribution in [0, 0.1) is 5.41 Å². The lowest BCUT2D eigenvalue weighted by Gasteiger charge is -2.60. The standard InChI is InChI=1S/C29H34NO2.C24H33Cl2NO5.BrH/c31-29(26-12-6-2-7-13-26,27-14-8-3-9-15-27)28-16-19-30(20-17-28,21-18-28)22-23-32-24-25-10-4-1-5-11-25;25-21-6-5-7-22(26)20(21)17-32-13-12-31-11-4-2-1-3-10-27-15-24(30)18-8-9-23(29)19(14-18)16-28;/h1-15,31H,16-24H2;5-9,14,24,27-30H,1-4,10-13,15-17H2;1H/q+1;;/p-1/t;24-;/m.0./s1. The fraction of sp³-hybridized carbons (Fsp3) is 0.434. The molecular weight excluding hydrogens is 927 g/mol. The molecule has 3 aliphatic rings. The number of nitrogens with zero attached hydrogens (tertiary/aromatic N) is 1. The van der Waals surface area contributed by atoms with Crippen molar-refractivity contribution < 1.29 is 56.1 Å². The lowest BCUT2D eigenvalue weighted by Crippen LogP contribution is -3.00. The smallest absolute Gasteiger partial charge is 0.121 e. The van der Waals surface area contributed by atoms with Crippen LogP contribution in [0.1, 0.15) is 84.4 Å². The van der Waals surface area contributed by atoms with Crippen molar-refractivity contribution in [3.63, 3.8) is 0 Å². The van der Waals surface area contributed by atoms with Crippen molar-refractivity contribution in [2.45, 2.75) is 76.5 Å². The Labute approximate surface area is 406 Å². The lowest BCUT2D eigenvalue weighted by atomic mass is 9.56. The zero-order valence-electron chi connectivity index (χ0n) is 37.4. The summed E-state index contributed by atoms with van der Waals surface area (Å²) < 4.78 is 18.3. The molecule has 5 N–H and O–H groups in total. The van der Waals surface area contributed by atoms with Crippen molar-refractivity contribution in [2.75, 3.05) is 65.7 Å². The predicted molar refractivity (Wildman–Crippen MR) is 255 cm³/mol. The third kappa shape index (κ3) is 14.6. The number of ether oxygens (including phenoxy) is 3. The number of aromatic hydroxyl groups is 1. The molecule has 12 heteroatoms. The van der Waals surface area contributed by atoms with E-state index in [0.29, 0.717) is 60.8 Å². The van der Waals surface area contributed by atoms with Gasteiger partial charge in [0.15, 0.2) is 0 Å². The fourth-order valence-electron chi connectivity index (χ4n) is 9.27. The van der Waals surface area contributed by atoms with Crippen molar-refractivity contribution in [1.82, 2.24) is 5.32 Å². The van der Waals surface area contributed by atoms with E-state index >= 15 is 0 Å². The number of hydrogen-bond donors (Lipinski definition) is 5. The number of quaternary nitrogens is 1. The summed E-state index contributed by atoms with van der Waals surface area (Å²) in [6, 6.07) is 41.3. The van der Waals surface area contributed by atoms with Crippen LogP contribution in [0.4, 0.5) is 0 Å². The number of aliphatic hydroxyl groups is 3. The summed E-state index contributed by atoms with van der Waals surface area (Å²) in [6.07, 6.45) is 6.65. The molecule has 3 fully saturated rings. The van der Waals surface area contributed by atoms with Crippen LogP contribution in [0.5, 0.6) is 5.75 Å². The summed E-state index contributed by atoms with van der Waals surface area (Å²) in [5, 5.41) is 45.9. The van der Waals surface area contributed by atoms with E-state index in [1.54, 1.807) is 24.3 Å². The Balaban J connectivity index is 0.000000240. The third-order valence-electron chi connectivity index (χ3n) is 13.2. The first-order valence-electron chi connectivity index (χ1n) is 22.9. The average Bonchev–Trinajstić information content (AvgIpc) is 3.34. The number of unbranched alkanes of at least 4 members (excludes halogenated alkanes) is 3. The normalized spacial score (nSPS) is 18.4. The van der Waals surface area contributed by atoms with Gasteiger partial charge >= 0.3 is 0 Å². The van der Waals surface area contributed by atoms with Gasteiger partial charge in [0.1, 0.15) is 17.9 Å². The van der Waals surface area contributed by atoms with Crippen LogP contribution in [0.25, 0.3) is 0 Å². The second-order valence-corrected chi connectivity index (χ2v) is 18.1. The van der Waals surface area contributed by atoms with E-state index in [4.69, 9.17) is 37.4 Å². The maximum Gasteiger partial charge on any atom is 0.121 e. The molecule has 9 nitrogen and oxygen atoms in total. The average molecular weight is 995 g/mol. The molecule has 0 aliphatic carbocycles. The van der Waals surface area contributed by atoms with Gasteiger partial charge in [-0.15, -0.1) is 0 Å². The second kappa shape index (κ2) is 26.8. The summed E-state index contributed by atoms with van der Waals surface area (Å²) in [4.78, 5) is 0. The Bertz CT molecular complexity index is 2030. The maximum absolute atomic E-state index is 12.4. The molecule has 0 radical (unpaired) electrons. The van der Waals surface area contributed by atoms with Crippen molar-refractivity contribution in [3.8, 4) is 5.75 Å². The highest BCUT2D eigenvalue weighted by atomic mass is 79.9. The number of fused-ring (bicyclic) bond motifs is 3. The summed E-state index contributed by atoms with van der Waals surface area (Å²) in [7, 11) is 0. The lowest BCUT2D eigenvalue weighted by molar-refractivity contribution is -0.946. The fourth-order valence-corrected chi connectivity index (χ4v) is 9.78. The molecule has 0 unspecified atom stereocenters. The number of nitrogens with one attached hydrogen (secondary N) is 1. The first-order valence-corrected chi connectivity index (χ1v) is 23.6.